The normalized spacial score (nSPS) is 9.09. The molecular weight excluding hydrogens is 148 g/mol. The first-order valence-electron chi connectivity index (χ1n) is 2.88. The second-order valence-electron chi connectivity index (χ2n) is 1.92. The van der Waals surface area contributed by atoms with Crippen LogP contribution < -0.4 is 5.43 Å². The van der Waals surface area contributed by atoms with Crippen molar-refractivity contribution in [2.75, 3.05) is 5.43 Å². The van der Waals surface area contributed by atoms with Gasteiger partial charge in [-0.2, -0.15) is 0 Å². The van der Waals surface area contributed by atoms with Crippen molar-refractivity contribution in [3.63, 3.8) is 0 Å². The van der Waals surface area contributed by atoms with Crippen molar-refractivity contribution >= 4 is 5.69 Å². The number of hydrazine groups is 1. The summed E-state index contributed by atoms with van der Waals surface area (Å²) < 4.78 is 0. The molecule has 0 heterocycles. The van der Waals surface area contributed by atoms with Crippen LogP contribution >= 0.6 is 0 Å². The third-order valence-electron chi connectivity index (χ3n) is 1.07. The summed E-state index contributed by atoms with van der Waals surface area (Å²) in [6.07, 6.45) is 0. The smallest absolute Gasteiger partial charge is 0.162 e. The van der Waals surface area contributed by atoms with Crippen molar-refractivity contribution in [2.45, 2.75) is 0 Å². The number of aromatic hydroxyl groups is 1. The maximum Gasteiger partial charge on any atom is 0.162 e. The van der Waals surface area contributed by atoms with Gasteiger partial charge in [-0.05, 0) is 12.1 Å². The Morgan fingerprint density at radius 1 is 1.55 bits per heavy atom. The molecule has 0 saturated heterocycles. The first-order chi connectivity index (χ1) is 5.18. The topological polar surface area (TPSA) is 75.4 Å². The molecule has 58 valence electrons. The molecule has 0 radical (unpaired) electrons. The quantitative estimate of drug-likeness (QED) is 0.492. The fraction of sp³-hybridized carbons (Fsp3) is 0. The Balaban J connectivity index is 2.79. The van der Waals surface area contributed by atoms with Gasteiger partial charge in [0.15, 0.2) is 5.03 Å². The maximum absolute atomic E-state index is 9.89. The lowest BCUT2D eigenvalue weighted by atomic mass is 10.3. The zero-order valence-corrected chi connectivity index (χ0v) is 5.52. The summed E-state index contributed by atoms with van der Waals surface area (Å²) in [4.78, 5) is 9.89. The summed E-state index contributed by atoms with van der Waals surface area (Å²) in [5, 5.41) is 18.1. The molecule has 5 heteroatoms. The van der Waals surface area contributed by atoms with Crippen LogP contribution in [-0.2, 0) is 0 Å². The average Bonchev–Trinajstić information content (AvgIpc) is 1.85. The van der Waals surface area contributed by atoms with E-state index in [2.05, 4.69) is 0 Å². The Morgan fingerprint density at radius 3 is 2.82 bits per heavy atom. The van der Waals surface area contributed by atoms with Crippen LogP contribution in [0.5, 0.6) is 5.75 Å². The molecule has 0 saturated carbocycles. The number of nitrogens with one attached hydrogen (secondary N) is 1. The van der Waals surface area contributed by atoms with Crippen molar-refractivity contribution in [1.29, 1.82) is 0 Å². The Morgan fingerprint density at radius 2 is 2.27 bits per heavy atom. The Kier molecular flexibility index (Phi) is 1.91. The van der Waals surface area contributed by atoms with Crippen LogP contribution in [0.4, 0.5) is 5.69 Å². The molecule has 0 amide bonds. The monoisotopic (exact) mass is 154 g/mol. The fourth-order valence-corrected chi connectivity index (χ4v) is 0.681. The van der Waals surface area contributed by atoms with E-state index in [0.717, 1.165) is 0 Å². The number of nitro groups is 1. The highest BCUT2D eigenvalue weighted by molar-refractivity contribution is 5.45. The van der Waals surface area contributed by atoms with E-state index >= 15 is 0 Å². The number of hydrogen-bond donors (Lipinski definition) is 2. The largest absolute Gasteiger partial charge is 0.508 e. The van der Waals surface area contributed by atoms with Crippen LogP contribution in [0.25, 0.3) is 0 Å². The molecule has 1 aromatic carbocycles. The Hall–Kier alpha value is -1.78. The van der Waals surface area contributed by atoms with Gasteiger partial charge in [-0.25, -0.2) is 10.1 Å². The summed E-state index contributed by atoms with van der Waals surface area (Å²) in [5.41, 5.74) is 2.17. The van der Waals surface area contributed by atoms with Crippen LogP contribution in [0, 0.1) is 10.1 Å². The third-order valence-corrected chi connectivity index (χ3v) is 1.07. The van der Waals surface area contributed by atoms with Crippen molar-refractivity contribution < 1.29 is 10.1 Å². The van der Waals surface area contributed by atoms with E-state index in [4.69, 9.17) is 5.11 Å². The van der Waals surface area contributed by atoms with Gasteiger partial charge in [-0.3, -0.25) is 0 Å². The lowest BCUT2D eigenvalue weighted by Crippen LogP contribution is -2.07. The Labute approximate surface area is 62.4 Å². The molecule has 0 aliphatic carbocycles. The molecule has 0 atom stereocenters. The highest BCUT2D eigenvalue weighted by atomic mass is 16.7. The minimum absolute atomic E-state index is 0.00292. The van der Waals surface area contributed by atoms with Crippen LogP contribution in [-0.4, -0.2) is 10.1 Å². The second-order valence-corrected chi connectivity index (χ2v) is 1.92. The van der Waals surface area contributed by atoms with Gasteiger partial charge in [0.05, 0.1) is 0 Å². The van der Waals surface area contributed by atoms with Gasteiger partial charge >= 0.3 is 0 Å². The first-order valence-corrected chi connectivity index (χ1v) is 2.88. The summed E-state index contributed by atoms with van der Waals surface area (Å²) in [7, 11) is 0. The summed E-state index contributed by atoms with van der Waals surface area (Å²) in [6.45, 7) is 0. The molecular formula is C6H6N2O3. The Bertz CT molecular complexity index is 274. The van der Waals surface area contributed by atoms with Crippen molar-refractivity contribution in [2.24, 2.45) is 0 Å². The fourth-order valence-electron chi connectivity index (χ4n) is 0.681. The van der Waals surface area contributed by atoms with Gasteiger partial charge in [-0.15, -0.1) is 5.43 Å². The SMILES string of the molecule is O=[N+]([O-])Nc1cccc(O)c1. The van der Waals surface area contributed by atoms with Gasteiger partial charge in [0, 0.05) is 6.07 Å². The molecule has 2 N–H and O–H groups in total. The van der Waals surface area contributed by atoms with Crippen LogP contribution in [0.15, 0.2) is 24.3 Å². The summed E-state index contributed by atoms with van der Waals surface area (Å²) in [5.74, 6) is -0.00292. The first kappa shape index (κ1) is 7.33. The van der Waals surface area contributed by atoms with E-state index in [1.165, 1.54) is 24.3 Å². The maximum atomic E-state index is 9.89. The lowest BCUT2D eigenvalue weighted by molar-refractivity contribution is -0.445. The van der Waals surface area contributed by atoms with E-state index in [-0.39, 0.29) is 11.4 Å². The van der Waals surface area contributed by atoms with E-state index in [1.54, 1.807) is 0 Å². The van der Waals surface area contributed by atoms with Gasteiger partial charge in [0.2, 0.25) is 0 Å². The van der Waals surface area contributed by atoms with E-state index in [9.17, 15) is 10.1 Å². The van der Waals surface area contributed by atoms with Crippen LogP contribution in [0.2, 0.25) is 0 Å². The highest BCUT2D eigenvalue weighted by Crippen LogP contribution is 2.14. The molecule has 0 aliphatic heterocycles. The number of phenols is 1. The molecule has 0 bridgehead atoms. The molecule has 5 nitrogen and oxygen atoms in total. The molecule has 0 fully saturated rings. The molecule has 0 unspecified atom stereocenters. The third kappa shape index (κ3) is 2.13. The molecule has 1 aromatic rings. The van der Waals surface area contributed by atoms with E-state index < -0.39 is 5.03 Å². The van der Waals surface area contributed by atoms with Crippen LogP contribution in [0.3, 0.4) is 0 Å². The van der Waals surface area contributed by atoms with Gasteiger partial charge in [0.25, 0.3) is 0 Å². The molecule has 0 spiro atoms. The second kappa shape index (κ2) is 2.87. The van der Waals surface area contributed by atoms with E-state index in [0.29, 0.717) is 0 Å². The summed E-state index contributed by atoms with van der Waals surface area (Å²) in [6, 6.07) is 5.71. The number of phenolic OH excluding ortho intramolecular Hbond substituents is 1. The highest BCUT2D eigenvalue weighted by Gasteiger charge is 1.97. The zero-order chi connectivity index (χ0) is 8.27. The van der Waals surface area contributed by atoms with Gasteiger partial charge in [0.1, 0.15) is 11.4 Å². The minimum Gasteiger partial charge on any atom is -0.508 e. The molecule has 0 aliphatic rings. The molecule has 11 heavy (non-hydrogen) atoms. The predicted molar refractivity (Wildman–Crippen MR) is 38.7 cm³/mol. The summed E-state index contributed by atoms with van der Waals surface area (Å²) >= 11 is 0. The lowest BCUT2D eigenvalue weighted by Gasteiger charge is -1.95. The van der Waals surface area contributed by atoms with Gasteiger partial charge in [-0.1, -0.05) is 6.07 Å². The van der Waals surface area contributed by atoms with Crippen molar-refractivity contribution in [1.82, 2.24) is 0 Å². The number of benzene rings is 1. The van der Waals surface area contributed by atoms with E-state index in [1.807, 2.05) is 5.43 Å². The number of anilines is 1. The zero-order valence-electron chi connectivity index (χ0n) is 5.52. The molecule has 1 rings (SSSR count). The molecule has 0 aromatic heterocycles. The average molecular weight is 154 g/mol. The predicted octanol–water partition coefficient (Wildman–Crippen LogP) is 0.996. The number of nitrogens with zero attached hydrogens (tertiary/aromatic N) is 1. The standard InChI is InChI=1S/C6H6N2O3/c9-6-3-1-2-5(4-6)7-8(10)11/h1-4,7,9H. The van der Waals surface area contributed by atoms with Crippen molar-refractivity contribution in [3.8, 4) is 5.75 Å². The number of hydrogen-bond acceptors (Lipinski definition) is 3. The minimum atomic E-state index is -0.686. The van der Waals surface area contributed by atoms with Crippen molar-refractivity contribution in [3.05, 3.63) is 34.4 Å². The van der Waals surface area contributed by atoms with Crippen LogP contribution in [0.1, 0.15) is 0 Å². The van der Waals surface area contributed by atoms with Gasteiger partial charge < -0.3 is 5.11 Å². The number of rotatable bonds is 2.